The van der Waals surface area contributed by atoms with Crippen molar-refractivity contribution in [2.45, 2.75) is 24.9 Å². The second-order valence-electron chi connectivity index (χ2n) is 5.91. The minimum absolute atomic E-state index is 0.0118. The molecule has 0 fully saturated rings. The minimum Gasteiger partial charge on any atom is -0.387 e. The van der Waals surface area contributed by atoms with Gasteiger partial charge in [-0.25, -0.2) is 0 Å². The molecule has 0 aromatic heterocycles. The summed E-state index contributed by atoms with van der Waals surface area (Å²) in [6.07, 6.45) is 0.803. The third kappa shape index (κ3) is 3.33. The van der Waals surface area contributed by atoms with Crippen LogP contribution in [0.4, 0.5) is 0 Å². The van der Waals surface area contributed by atoms with Gasteiger partial charge in [0, 0.05) is 13.1 Å². The summed E-state index contributed by atoms with van der Waals surface area (Å²) in [6.45, 7) is 2.54. The van der Waals surface area contributed by atoms with Gasteiger partial charge in [-0.2, -0.15) is 0 Å². The molecular weight excluding hydrogens is 240 g/mol. The van der Waals surface area contributed by atoms with Crippen LogP contribution in [0.3, 0.4) is 0 Å². The maximum Gasteiger partial charge on any atom is 0.227 e. The first-order valence-corrected chi connectivity index (χ1v) is 6.62. The van der Waals surface area contributed by atoms with Crippen LogP contribution in [0.15, 0.2) is 24.3 Å². The Morgan fingerprint density at radius 1 is 1.47 bits per heavy atom. The summed E-state index contributed by atoms with van der Waals surface area (Å²) >= 11 is 0. The number of hydrogen-bond acceptors (Lipinski definition) is 3. The van der Waals surface area contributed by atoms with Crippen molar-refractivity contribution in [2.75, 3.05) is 27.2 Å². The Morgan fingerprint density at radius 3 is 2.79 bits per heavy atom. The van der Waals surface area contributed by atoms with E-state index in [1.54, 1.807) is 6.92 Å². The molecule has 4 nitrogen and oxygen atoms in total. The van der Waals surface area contributed by atoms with Crippen LogP contribution in [0.2, 0.25) is 0 Å². The van der Waals surface area contributed by atoms with Crippen molar-refractivity contribution in [3.63, 3.8) is 0 Å². The summed E-state index contributed by atoms with van der Waals surface area (Å²) in [5, 5.41) is 13.0. The van der Waals surface area contributed by atoms with E-state index < -0.39 is 5.60 Å². The summed E-state index contributed by atoms with van der Waals surface area (Å²) in [7, 11) is 3.80. The van der Waals surface area contributed by atoms with Crippen LogP contribution in [0.1, 0.15) is 24.0 Å². The topological polar surface area (TPSA) is 52.6 Å². The number of nitrogens with one attached hydrogen (secondary N) is 1. The number of likely N-dealkylation sites (N-methyl/N-ethyl adjacent to an activating group) is 1. The van der Waals surface area contributed by atoms with E-state index in [0.717, 1.165) is 12.0 Å². The number of carbonyl (C=O) groups excluding carboxylic acids is 1. The van der Waals surface area contributed by atoms with Crippen molar-refractivity contribution in [2.24, 2.45) is 0 Å². The number of aliphatic hydroxyl groups is 1. The van der Waals surface area contributed by atoms with Crippen molar-refractivity contribution >= 4 is 5.91 Å². The highest BCUT2D eigenvalue weighted by molar-refractivity contribution is 5.86. The molecular formula is C15H22N2O2. The van der Waals surface area contributed by atoms with Crippen LogP contribution in [-0.4, -0.2) is 48.7 Å². The number of rotatable bonds is 5. The lowest BCUT2D eigenvalue weighted by Crippen LogP contribution is -2.48. The Labute approximate surface area is 114 Å². The summed E-state index contributed by atoms with van der Waals surface area (Å²) in [5.41, 5.74) is 1.47. The van der Waals surface area contributed by atoms with Gasteiger partial charge in [0.2, 0.25) is 5.91 Å². The molecule has 2 atom stereocenters. The van der Waals surface area contributed by atoms with E-state index in [1.165, 1.54) is 5.56 Å². The highest BCUT2D eigenvalue weighted by Crippen LogP contribution is 2.34. The van der Waals surface area contributed by atoms with Crippen LogP contribution >= 0.6 is 0 Å². The van der Waals surface area contributed by atoms with Crippen LogP contribution < -0.4 is 5.32 Å². The molecule has 2 N–H and O–H groups in total. The highest BCUT2D eigenvalue weighted by atomic mass is 16.3. The number of carbonyl (C=O) groups is 1. The predicted octanol–water partition coefficient (Wildman–Crippen LogP) is 0.755. The standard InChI is InChI=1S/C15H22N2O2/c1-15(19,10-17(2)3)9-16-14(18)13-8-11-6-4-5-7-12(11)13/h4-7,13,19H,8-10H2,1-3H3,(H,16,18). The summed E-state index contributed by atoms with van der Waals surface area (Å²) in [5.74, 6) is -0.0379. The summed E-state index contributed by atoms with van der Waals surface area (Å²) < 4.78 is 0. The molecule has 1 aromatic rings. The van der Waals surface area contributed by atoms with Crippen LogP contribution in [0, 0.1) is 0 Å². The molecule has 1 amide bonds. The Balaban J connectivity index is 1.87. The zero-order valence-electron chi connectivity index (χ0n) is 11.8. The third-order valence-corrected chi connectivity index (χ3v) is 3.47. The smallest absolute Gasteiger partial charge is 0.227 e. The maximum atomic E-state index is 12.1. The second kappa shape index (κ2) is 5.31. The average molecular weight is 262 g/mol. The van der Waals surface area contributed by atoms with Gasteiger partial charge in [0.25, 0.3) is 0 Å². The van der Waals surface area contributed by atoms with Gasteiger partial charge in [-0.1, -0.05) is 24.3 Å². The molecule has 1 aliphatic rings. The summed E-state index contributed by atoms with van der Waals surface area (Å²) in [6, 6.07) is 8.01. The van der Waals surface area contributed by atoms with Crippen molar-refractivity contribution in [1.82, 2.24) is 10.2 Å². The Kier molecular flexibility index (Phi) is 3.92. The number of benzene rings is 1. The number of amides is 1. The van der Waals surface area contributed by atoms with E-state index in [0.29, 0.717) is 6.54 Å². The van der Waals surface area contributed by atoms with Crippen molar-refractivity contribution in [3.05, 3.63) is 35.4 Å². The molecule has 4 heteroatoms. The molecule has 0 heterocycles. The molecule has 0 radical (unpaired) electrons. The molecule has 2 rings (SSSR count). The van der Waals surface area contributed by atoms with Gasteiger partial charge in [-0.05, 0) is 38.6 Å². The molecule has 2 unspecified atom stereocenters. The normalized spacial score (nSPS) is 20.4. The first kappa shape index (κ1) is 14.0. The zero-order chi connectivity index (χ0) is 14.0. The van der Waals surface area contributed by atoms with Gasteiger partial charge in [-0.15, -0.1) is 0 Å². The quantitative estimate of drug-likeness (QED) is 0.823. The van der Waals surface area contributed by atoms with Gasteiger partial charge < -0.3 is 15.3 Å². The minimum atomic E-state index is -0.900. The third-order valence-electron chi connectivity index (χ3n) is 3.47. The van der Waals surface area contributed by atoms with Crippen LogP contribution in [0.5, 0.6) is 0 Å². The fourth-order valence-corrected chi connectivity index (χ4v) is 2.63. The fraction of sp³-hybridized carbons (Fsp3) is 0.533. The monoisotopic (exact) mass is 262 g/mol. The molecule has 1 aliphatic carbocycles. The number of hydrogen-bond donors (Lipinski definition) is 2. The van der Waals surface area contributed by atoms with Crippen molar-refractivity contribution in [3.8, 4) is 0 Å². The first-order valence-electron chi connectivity index (χ1n) is 6.62. The Morgan fingerprint density at radius 2 is 2.16 bits per heavy atom. The highest BCUT2D eigenvalue weighted by Gasteiger charge is 2.32. The van der Waals surface area contributed by atoms with Gasteiger partial charge in [0.1, 0.15) is 0 Å². The second-order valence-corrected chi connectivity index (χ2v) is 5.91. The largest absolute Gasteiger partial charge is 0.387 e. The first-order chi connectivity index (χ1) is 8.89. The molecule has 0 aliphatic heterocycles. The van der Waals surface area contributed by atoms with Gasteiger partial charge in [0.15, 0.2) is 0 Å². The van der Waals surface area contributed by atoms with Gasteiger partial charge in [-0.3, -0.25) is 4.79 Å². The molecule has 0 bridgehead atoms. The average Bonchev–Trinajstić information content (AvgIpc) is 2.27. The Hall–Kier alpha value is -1.39. The zero-order valence-corrected chi connectivity index (χ0v) is 11.8. The van der Waals surface area contributed by atoms with E-state index in [2.05, 4.69) is 11.4 Å². The lowest BCUT2D eigenvalue weighted by molar-refractivity contribution is -0.124. The molecule has 0 spiro atoms. The van der Waals surface area contributed by atoms with Crippen LogP contribution in [0.25, 0.3) is 0 Å². The van der Waals surface area contributed by atoms with E-state index in [1.807, 2.05) is 37.2 Å². The van der Waals surface area contributed by atoms with Gasteiger partial charge in [0.05, 0.1) is 11.5 Å². The van der Waals surface area contributed by atoms with Gasteiger partial charge >= 0.3 is 0 Å². The lowest BCUT2D eigenvalue weighted by Gasteiger charge is -2.31. The van der Waals surface area contributed by atoms with E-state index >= 15 is 0 Å². The van der Waals surface area contributed by atoms with E-state index in [9.17, 15) is 9.90 Å². The SMILES string of the molecule is CN(C)CC(C)(O)CNC(=O)C1Cc2ccccc21. The molecule has 0 saturated heterocycles. The predicted molar refractivity (Wildman–Crippen MR) is 75.1 cm³/mol. The summed E-state index contributed by atoms with van der Waals surface area (Å²) in [4.78, 5) is 14.0. The lowest BCUT2D eigenvalue weighted by atomic mass is 9.77. The number of fused-ring (bicyclic) bond motifs is 1. The molecule has 0 saturated carbocycles. The van der Waals surface area contributed by atoms with Crippen LogP contribution in [-0.2, 0) is 11.2 Å². The molecule has 1 aromatic carbocycles. The number of nitrogens with zero attached hydrogens (tertiary/aromatic N) is 1. The van der Waals surface area contributed by atoms with E-state index in [4.69, 9.17) is 0 Å². The molecule has 19 heavy (non-hydrogen) atoms. The maximum absolute atomic E-state index is 12.1. The van der Waals surface area contributed by atoms with Crippen molar-refractivity contribution in [1.29, 1.82) is 0 Å². The molecule has 104 valence electrons. The Bertz CT molecular complexity index is 469. The fourth-order valence-electron chi connectivity index (χ4n) is 2.63. The van der Waals surface area contributed by atoms with Crippen molar-refractivity contribution < 1.29 is 9.90 Å². The van der Waals surface area contributed by atoms with E-state index in [-0.39, 0.29) is 18.4 Å².